The lowest BCUT2D eigenvalue weighted by molar-refractivity contribution is -0.139. The lowest BCUT2D eigenvalue weighted by atomic mass is 10.1. The van der Waals surface area contributed by atoms with Crippen molar-refractivity contribution in [2.24, 2.45) is 0 Å². The molecule has 21 heavy (non-hydrogen) atoms. The van der Waals surface area contributed by atoms with Gasteiger partial charge in [0.05, 0.1) is 6.54 Å². The lowest BCUT2D eigenvalue weighted by Crippen LogP contribution is -2.67. The standard InChI is InChI=1S/C8H12N4O8S/c1-20-3-5(13)10-21(18,19)11-7(15)12-2-4(6(12)14)9-8(16)17/h4,9H,2-3H2,1H3,(H,10,13)(H,11,15)(H,16,17)/t4-/m0/s1. The number of nitrogens with one attached hydrogen (secondary N) is 3. The van der Waals surface area contributed by atoms with Crippen LogP contribution in [0.3, 0.4) is 0 Å². The van der Waals surface area contributed by atoms with Crippen LogP contribution in [0.2, 0.25) is 0 Å². The summed E-state index contributed by atoms with van der Waals surface area (Å²) >= 11 is 0. The van der Waals surface area contributed by atoms with Crippen molar-refractivity contribution in [3.63, 3.8) is 0 Å². The van der Waals surface area contributed by atoms with Crippen molar-refractivity contribution in [3.05, 3.63) is 0 Å². The molecule has 1 saturated heterocycles. The summed E-state index contributed by atoms with van der Waals surface area (Å²) in [6.45, 7) is -0.860. The summed E-state index contributed by atoms with van der Waals surface area (Å²) in [6, 6.07) is -2.42. The molecule has 12 nitrogen and oxygen atoms in total. The van der Waals surface area contributed by atoms with Crippen LogP contribution in [0.4, 0.5) is 9.59 Å². The molecule has 5 amide bonds. The summed E-state index contributed by atoms with van der Waals surface area (Å²) in [5, 5.41) is 10.2. The predicted molar refractivity (Wildman–Crippen MR) is 64.1 cm³/mol. The van der Waals surface area contributed by atoms with E-state index in [9.17, 15) is 27.6 Å². The van der Waals surface area contributed by atoms with Crippen molar-refractivity contribution < 1.29 is 37.4 Å². The highest BCUT2D eigenvalue weighted by atomic mass is 32.2. The summed E-state index contributed by atoms with van der Waals surface area (Å²) in [7, 11) is -3.33. The van der Waals surface area contributed by atoms with E-state index < -0.39 is 46.8 Å². The Bertz CT molecular complexity index is 573. The molecule has 118 valence electrons. The van der Waals surface area contributed by atoms with Crippen molar-refractivity contribution in [1.82, 2.24) is 19.7 Å². The zero-order chi connectivity index (χ0) is 16.2. The van der Waals surface area contributed by atoms with E-state index in [1.54, 1.807) is 0 Å². The van der Waals surface area contributed by atoms with Crippen LogP contribution in [0.15, 0.2) is 0 Å². The molecule has 0 aromatic heterocycles. The molecule has 1 rings (SSSR count). The Hall–Kier alpha value is -2.41. The molecular weight excluding hydrogens is 312 g/mol. The summed E-state index contributed by atoms with van der Waals surface area (Å²) < 4.78 is 30.0. The molecular formula is C8H12N4O8S. The van der Waals surface area contributed by atoms with Crippen molar-refractivity contribution in [3.8, 4) is 0 Å². The van der Waals surface area contributed by atoms with Gasteiger partial charge in [0.15, 0.2) is 0 Å². The van der Waals surface area contributed by atoms with Crippen LogP contribution in [0, 0.1) is 0 Å². The molecule has 0 aromatic carbocycles. The van der Waals surface area contributed by atoms with E-state index in [1.807, 2.05) is 5.32 Å². The number of carbonyl (C=O) groups excluding carboxylic acids is 3. The Labute approximate surface area is 118 Å². The molecule has 1 aliphatic rings. The number of likely N-dealkylation sites (tertiary alicyclic amines) is 1. The van der Waals surface area contributed by atoms with Gasteiger partial charge >= 0.3 is 22.3 Å². The van der Waals surface area contributed by atoms with Gasteiger partial charge in [-0.2, -0.15) is 8.42 Å². The number of carboxylic acid groups (broad SMARTS) is 1. The second-order valence-corrected chi connectivity index (χ2v) is 5.23. The number of methoxy groups -OCH3 is 1. The third kappa shape index (κ3) is 4.57. The Morgan fingerprint density at radius 1 is 1.38 bits per heavy atom. The van der Waals surface area contributed by atoms with Crippen molar-refractivity contribution >= 4 is 34.1 Å². The summed E-state index contributed by atoms with van der Waals surface area (Å²) in [6.07, 6.45) is -1.45. The van der Waals surface area contributed by atoms with E-state index in [0.717, 1.165) is 0 Å². The smallest absolute Gasteiger partial charge is 0.405 e. The van der Waals surface area contributed by atoms with Gasteiger partial charge in [-0.15, -0.1) is 0 Å². The Kier molecular flexibility index (Phi) is 5.04. The fourth-order valence-corrected chi connectivity index (χ4v) is 2.12. The molecule has 1 atom stereocenters. The number of amides is 5. The highest BCUT2D eigenvalue weighted by Crippen LogP contribution is 2.10. The van der Waals surface area contributed by atoms with Gasteiger partial charge < -0.3 is 15.2 Å². The quantitative estimate of drug-likeness (QED) is 0.392. The average Bonchev–Trinajstić information content (AvgIpc) is 2.31. The maximum atomic E-state index is 11.5. The Balaban J connectivity index is 2.53. The molecule has 0 unspecified atom stereocenters. The predicted octanol–water partition coefficient (Wildman–Crippen LogP) is -2.82. The SMILES string of the molecule is COCC(=O)NS(=O)(=O)NC(=O)N1C[C@H](NC(=O)O)C1=O. The molecule has 13 heteroatoms. The highest BCUT2D eigenvalue weighted by molar-refractivity contribution is 7.88. The van der Waals surface area contributed by atoms with Gasteiger partial charge in [0, 0.05) is 7.11 Å². The van der Waals surface area contributed by atoms with Gasteiger partial charge in [0.1, 0.15) is 12.6 Å². The first-order chi connectivity index (χ1) is 9.66. The number of carbonyl (C=O) groups is 4. The van der Waals surface area contributed by atoms with Crippen molar-refractivity contribution in [2.45, 2.75) is 6.04 Å². The number of hydrogen-bond acceptors (Lipinski definition) is 7. The number of ether oxygens (including phenoxy) is 1. The van der Waals surface area contributed by atoms with Gasteiger partial charge in [-0.1, -0.05) is 0 Å². The largest absolute Gasteiger partial charge is 0.465 e. The minimum atomic E-state index is -4.50. The molecule has 0 saturated carbocycles. The second kappa shape index (κ2) is 6.36. The zero-order valence-electron chi connectivity index (χ0n) is 10.7. The number of nitrogens with zero attached hydrogens (tertiary/aromatic N) is 1. The van der Waals surface area contributed by atoms with Gasteiger partial charge in [-0.05, 0) is 0 Å². The fraction of sp³-hybridized carbons (Fsp3) is 0.500. The van der Waals surface area contributed by atoms with E-state index in [4.69, 9.17) is 5.11 Å². The molecule has 1 heterocycles. The molecule has 0 radical (unpaired) electrons. The second-order valence-electron chi connectivity index (χ2n) is 3.82. The number of imide groups is 1. The van der Waals surface area contributed by atoms with Gasteiger partial charge in [0.2, 0.25) is 0 Å². The van der Waals surface area contributed by atoms with E-state index in [0.29, 0.717) is 4.90 Å². The maximum Gasteiger partial charge on any atom is 0.405 e. The molecule has 0 spiro atoms. The van der Waals surface area contributed by atoms with Crippen LogP contribution in [0.25, 0.3) is 0 Å². The number of hydrogen-bond donors (Lipinski definition) is 4. The molecule has 1 fully saturated rings. The van der Waals surface area contributed by atoms with Crippen molar-refractivity contribution in [2.75, 3.05) is 20.3 Å². The van der Waals surface area contributed by atoms with Crippen LogP contribution >= 0.6 is 0 Å². The van der Waals surface area contributed by atoms with Crippen LogP contribution in [0.5, 0.6) is 0 Å². The minimum Gasteiger partial charge on any atom is -0.465 e. The molecule has 4 N–H and O–H groups in total. The average molecular weight is 324 g/mol. The number of rotatable bonds is 5. The first-order valence-corrected chi connectivity index (χ1v) is 6.81. The van der Waals surface area contributed by atoms with Crippen molar-refractivity contribution in [1.29, 1.82) is 0 Å². The van der Waals surface area contributed by atoms with Gasteiger partial charge in [-0.25, -0.2) is 19.0 Å². The maximum absolute atomic E-state index is 11.5. The molecule has 0 aliphatic carbocycles. The Morgan fingerprint density at radius 2 is 2.00 bits per heavy atom. The third-order valence-electron chi connectivity index (χ3n) is 2.22. The monoisotopic (exact) mass is 324 g/mol. The normalized spacial score (nSPS) is 17.7. The van der Waals surface area contributed by atoms with Crippen LogP contribution in [0.1, 0.15) is 0 Å². The van der Waals surface area contributed by atoms with E-state index >= 15 is 0 Å². The number of β-lactam (4-membered cyclic amide) rings is 1. The molecule has 0 bridgehead atoms. The first-order valence-electron chi connectivity index (χ1n) is 5.33. The van der Waals surface area contributed by atoms with Crippen LogP contribution in [-0.4, -0.2) is 68.7 Å². The molecule has 0 aromatic rings. The third-order valence-corrected chi connectivity index (χ3v) is 3.16. The topological polar surface area (TPSA) is 171 Å². The fourth-order valence-electron chi connectivity index (χ4n) is 1.37. The molecule has 1 aliphatic heterocycles. The summed E-state index contributed by atoms with van der Waals surface area (Å²) in [5.74, 6) is -1.92. The van der Waals surface area contributed by atoms with Gasteiger partial charge in [0.25, 0.3) is 11.8 Å². The summed E-state index contributed by atoms with van der Waals surface area (Å²) in [4.78, 5) is 44.6. The van der Waals surface area contributed by atoms with Gasteiger partial charge in [-0.3, -0.25) is 14.5 Å². The lowest BCUT2D eigenvalue weighted by Gasteiger charge is -2.35. The van der Waals surface area contributed by atoms with Crippen LogP contribution < -0.4 is 14.8 Å². The highest BCUT2D eigenvalue weighted by Gasteiger charge is 2.42. The van der Waals surface area contributed by atoms with E-state index in [1.165, 1.54) is 16.6 Å². The van der Waals surface area contributed by atoms with E-state index in [2.05, 4.69) is 4.74 Å². The zero-order valence-corrected chi connectivity index (χ0v) is 11.5. The summed E-state index contributed by atoms with van der Waals surface area (Å²) in [5.41, 5.74) is 0. The number of urea groups is 1. The van der Waals surface area contributed by atoms with Crippen LogP contribution in [-0.2, 0) is 24.5 Å². The first kappa shape index (κ1) is 16.6. The van der Waals surface area contributed by atoms with E-state index in [-0.39, 0.29) is 6.54 Å². The minimum absolute atomic E-state index is 0.321. The Morgan fingerprint density at radius 3 is 2.48 bits per heavy atom.